The van der Waals surface area contributed by atoms with E-state index in [0.717, 1.165) is 0 Å². The molecule has 1 fully saturated rings. The van der Waals surface area contributed by atoms with Gasteiger partial charge in [0.1, 0.15) is 0 Å². The molecule has 1 aliphatic heterocycles. The van der Waals surface area contributed by atoms with Gasteiger partial charge < -0.3 is 15.8 Å². The Morgan fingerprint density at radius 1 is 1.67 bits per heavy atom. The lowest BCUT2D eigenvalue weighted by molar-refractivity contribution is -0.00346. The summed E-state index contributed by atoms with van der Waals surface area (Å²) in [5.74, 6) is -0.0969. The molecule has 0 atom stereocenters. The summed E-state index contributed by atoms with van der Waals surface area (Å²) in [5, 5.41) is 2.85. The Morgan fingerprint density at radius 3 is 3.07 bits per heavy atom. The van der Waals surface area contributed by atoms with Crippen molar-refractivity contribution in [1.29, 1.82) is 0 Å². The van der Waals surface area contributed by atoms with E-state index < -0.39 is 0 Å². The van der Waals surface area contributed by atoms with E-state index in [4.69, 9.17) is 10.5 Å². The van der Waals surface area contributed by atoms with E-state index in [1.165, 1.54) is 0 Å². The third-order valence-electron chi connectivity index (χ3n) is 2.26. The van der Waals surface area contributed by atoms with Crippen LogP contribution in [0.4, 0.5) is 0 Å². The van der Waals surface area contributed by atoms with Gasteiger partial charge in [0, 0.05) is 18.3 Å². The number of hydrogen-bond acceptors (Lipinski definition) is 4. The highest BCUT2D eigenvalue weighted by molar-refractivity contribution is 5.94. The van der Waals surface area contributed by atoms with E-state index in [9.17, 15) is 4.79 Å². The number of nitrogens with one attached hydrogen (secondary N) is 1. The first-order chi connectivity index (χ1) is 7.29. The quantitative estimate of drug-likeness (QED) is 0.711. The Morgan fingerprint density at radius 2 is 2.47 bits per heavy atom. The fourth-order valence-electron chi connectivity index (χ4n) is 1.32. The van der Waals surface area contributed by atoms with Crippen molar-refractivity contribution in [2.75, 3.05) is 13.2 Å². The third-order valence-corrected chi connectivity index (χ3v) is 2.26. The molecule has 0 aliphatic carbocycles. The summed E-state index contributed by atoms with van der Waals surface area (Å²) in [7, 11) is 0. The van der Waals surface area contributed by atoms with Gasteiger partial charge in [0.2, 0.25) is 0 Å². The Bertz CT molecular complexity index is 363. The molecule has 5 heteroatoms. The van der Waals surface area contributed by atoms with Crippen LogP contribution in [0.15, 0.2) is 18.3 Å². The van der Waals surface area contributed by atoms with Crippen LogP contribution >= 0.6 is 0 Å². The van der Waals surface area contributed by atoms with Crippen molar-refractivity contribution in [2.45, 2.75) is 12.6 Å². The molecule has 3 N–H and O–H groups in total. The van der Waals surface area contributed by atoms with Crippen LogP contribution in [0.3, 0.4) is 0 Å². The first kappa shape index (κ1) is 10.1. The third kappa shape index (κ3) is 2.31. The van der Waals surface area contributed by atoms with E-state index in [2.05, 4.69) is 10.3 Å². The zero-order valence-electron chi connectivity index (χ0n) is 8.27. The standard InChI is InChI=1S/C10H13N3O2/c11-4-8-3-7(1-2-12-8)10(14)13-9-5-15-6-9/h1-3,9H,4-6,11H2,(H,13,14). The van der Waals surface area contributed by atoms with Gasteiger partial charge in [-0.1, -0.05) is 0 Å². The van der Waals surface area contributed by atoms with E-state index in [0.29, 0.717) is 31.0 Å². The van der Waals surface area contributed by atoms with Crippen LogP contribution in [0.5, 0.6) is 0 Å². The molecule has 0 aromatic carbocycles. The number of aromatic nitrogens is 1. The largest absolute Gasteiger partial charge is 0.377 e. The molecule has 0 bridgehead atoms. The first-order valence-corrected chi connectivity index (χ1v) is 4.83. The monoisotopic (exact) mass is 207 g/mol. The Balaban J connectivity index is 2.03. The van der Waals surface area contributed by atoms with E-state index in [1.807, 2.05) is 0 Å². The zero-order valence-corrected chi connectivity index (χ0v) is 8.27. The maximum atomic E-state index is 11.7. The average molecular weight is 207 g/mol. The molecule has 2 rings (SSSR count). The lowest BCUT2D eigenvalue weighted by Gasteiger charge is -2.26. The van der Waals surface area contributed by atoms with Gasteiger partial charge in [-0.25, -0.2) is 0 Å². The van der Waals surface area contributed by atoms with Crippen molar-refractivity contribution < 1.29 is 9.53 Å². The maximum Gasteiger partial charge on any atom is 0.251 e. The van der Waals surface area contributed by atoms with Crippen LogP contribution in [-0.2, 0) is 11.3 Å². The molecule has 0 unspecified atom stereocenters. The van der Waals surface area contributed by atoms with E-state index in [-0.39, 0.29) is 11.9 Å². The van der Waals surface area contributed by atoms with E-state index in [1.54, 1.807) is 18.3 Å². The van der Waals surface area contributed by atoms with Gasteiger partial charge in [-0.15, -0.1) is 0 Å². The fourth-order valence-corrected chi connectivity index (χ4v) is 1.32. The van der Waals surface area contributed by atoms with Crippen LogP contribution in [0, 0.1) is 0 Å². The smallest absolute Gasteiger partial charge is 0.251 e. The molecular weight excluding hydrogens is 194 g/mol. The van der Waals surface area contributed by atoms with Gasteiger partial charge in [-0.05, 0) is 12.1 Å². The van der Waals surface area contributed by atoms with Crippen LogP contribution in [0.2, 0.25) is 0 Å². The summed E-state index contributed by atoms with van der Waals surface area (Å²) < 4.78 is 4.97. The fraction of sp³-hybridized carbons (Fsp3) is 0.400. The highest BCUT2D eigenvalue weighted by Crippen LogP contribution is 2.04. The topological polar surface area (TPSA) is 77.2 Å². The second kappa shape index (κ2) is 4.37. The molecule has 0 radical (unpaired) electrons. The van der Waals surface area contributed by atoms with Crippen LogP contribution in [0.25, 0.3) is 0 Å². The minimum absolute atomic E-state index is 0.0969. The lowest BCUT2D eigenvalue weighted by Crippen LogP contribution is -2.48. The number of pyridine rings is 1. The number of nitrogens with two attached hydrogens (primary N) is 1. The lowest BCUT2D eigenvalue weighted by atomic mass is 10.2. The molecular formula is C10H13N3O2. The molecule has 2 heterocycles. The van der Waals surface area contributed by atoms with Crippen LogP contribution in [0.1, 0.15) is 16.1 Å². The van der Waals surface area contributed by atoms with Gasteiger partial charge in [0.05, 0.1) is 24.9 Å². The van der Waals surface area contributed by atoms with Crippen LogP contribution < -0.4 is 11.1 Å². The van der Waals surface area contributed by atoms with Crippen molar-refractivity contribution in [3.05, 3.63) is 29.6 Å². The summed E-state index contributed by atoms with van der Waals surface area (Å²) >= 11 is 0. The maximum absolute atomic E-state index is 11.7. The summed E-state index contributed by atoms with van der Waals surface area (Å²) in [4.78, 5) is 15.7. The molecule has 0 saturated carbocycles. The minimum Gasteiger partial charge on any atom is -0.377 e. The summed E-state index contributed by atoms with van der Waals surface area (Å²) in [5.41, 5.74) is 6.75. The highest BCUT2D eigenvalue weighted by atomic mass is 16.5. The molecule has 15 heavy (non-hydrogen) atoms. The number of hydrogen-bond donors (Lipinski definition) is 2. The van der Waals surface area contributed by atoms with Gasteiger partial charge in [0.25, 0.3) is 5.91 Å². The Kier molecular flexibility index (Phi) is 2.94. The molecule has 1 aromatic rings. The molecule has 5 nitrogen and oxygen atoms in total. The van der Waals surface area contributed by atoms with E-state index >= 15 is 0 Å². The molecule has 80 valence electrons. The molecule has 1 saturated heterocycles. The Labute approximate surface area is 87.6 Å². The second-order valence-corrected chi connectivity index (χ2v) is 3.45. The minimum atomic E-state index is -0.0969. The number of rotatable bonds is 3. The van der Waals surface area contributed by atoms with Gasteiger partial charge >= 0.3 is 0 Å². The van der Waals surface area contributed by atoms with Crippen molar-refractivity contribution >= 4 is 5.91 Å². The van der Waals surface area contributed by atoms with Crippen molar-refractivity contribution in [3.8, 4) is 0 Å². The highest BCUT2D eigenvalue weighted by Gasteiger charge is 2.20. The van der Waals surface area contributed by atoms with Crippen molar-refractivity contribution in [1.82, 2.24) is 10.3 Å². The normalized spacial score (nSPS) is 15.8. The van der Waals surface area contributed by atoms with Gasteiger partial charge in [0.15, 0.2) is 0 Å². The first-order valence-electron chi connectivity index (χ1n) is 4.83. The summed E-state index contributed by atoms with van der Waals surface area (Å²) in [6, 6.07) is 3.52. The Hall–Kier alpha value is -1.46. The number of nitrogens with zero attached hydrogens (tertiary/aromatic N) is 1. The van der Waals surface area contributed by atoms with Crippen LogP contribution in [-0.4, -0.2) is 30.1 Å². The summed E-state index contributed by atoms with van der Waals surface area (Å²) in [6.07, 6.45) is 1.59. The number of ether oxygens (including phenoxy) is 1. The molecule has 1 aromatic heterocycles. The van der Waals surface area contributed by atoms with Crippen molar-refractivity contribution in [2.24, 2.45) is 5.73 Å². The SMILES string of the molecule is NCc1cc(C(=O)NC2COC2)ccn1. The van der Waals surface area contributed by atoms with Gasteiger partial charge in [-0.3, -0.25) is 9.78 Å². The average Bonchev–Trinajstić information content (AvgIpc) is 2.23. The number of amides is 1. The van der Waals surface area contributed by atoms with Gasteiger partial charge in [-0.2, -0.15) is 0 Å². The molecule has 1 aliphatic rings. The molecule has 1 amide bonds. The zero-order chi connectivity index (χ0) is 10.7. The number of carbonyl (C=O) groups is 1. The number of carbonyl (C=O) groups excluding carboxylic acids is 1. The second-order valence-electron chi connectivity index (χ2n) is 3.45. The molecule has 0 spiro atoms. The predicted octanol–water partition coefficient (Wildman–Crippen LogP) is -0.331. The predicted molar refractivity (Wildman–Crippen MR) is 54.2 cm³/mol. The van der Waals surface area contributed by atoms with Crippen molar-refractivity contribution in [3.63, 3.8) is 0 Å². The summed E-state index contributed by atoms with van der Waals surface area (Å²) in [6.45, 7) is 1.54.